The van der Waals surface area contributed by atoms with Gasteiger partial charge in [0.15, 0.2) is 21.4 Å². The fourth-order valence-electron chi connectivity index (χ4n) is 1.05. The van der Waals surface area contributed by atoms with Crippen molar-refractivity contribution in [2.75, 3.05) is 18.6 Å². The summed E-state index contributed by atoms with van der Waals surface area (Å²) in [6.07, 6.45) is 1.35. The molecule has 0 aliphatic carbocycles. The maximum Gasteiger partial charge on any atom is 0.181 e. The summed E-state index contributed by atoms with van der Waals surface area (Å²) < 4.78 is 28.0. The minimum absolute atomic E-state index is 0.00676. The van der Waals surface area contributed by atoms with Crippen LogP contribution in [0.4, 0.5) is 5.82 Å². The fourth-order valence-corrected chi connectivity index (χ4v) is 2.10. The molecule has 0 aliphatic heterocycles. The summed E-state index contributed by atoms with van der Waals surface area (Å²) in [5.74, 6) is 0.212. The Morgan fingerprint density at radius 3 is 2.71 bits per heavy atom. The van der Waals surface area contributed by atoms with Gasteiger partial charge in [0.05, 0.1) is 12.9 Å². The molecule has 0 bridgehead atoms. The van der Waals surface area contributed by atoms with Crippen molar-refractivity contribution in [3.05, 3.63) is 12.3 Å². The van der Waals surface area contributed by atoms with Gasteiger partial charge in [-0.2, -0.15) is 0 Å². The third-order valence-electron chi connectivity index (χ3n) is 1.82. The van der Waals surface area contributed by atoms with E-state index in [9.17, 15) is 8.42 Å². The first kappa shape index (κ1) is 10.8. The number of nitrogen functional groups attached to an aromatic ring is 1. The van der Waals surface area contributed by atoms with Crippen molar-refractivity contribution in [1.82, 2.24) is 4.98 Å². The third-order valence-corrected chi connectivity index (χ3v) is 3.57. The zero-order valence-electron chi connectivity index (χ0n) is 8.02. The molecule has 0 aromatic carbocycles. The lowest BCUT2D eigenvalue weighted by Crippen LogP contribution is -2.08. The Morgan fingerprint density at radius 2 is 2.21 bits per heavy atom. The average Bonchev–Trinajstić information content (AvgIpc) is 2.17. The Hall–Kier alpha value is -1.30. The van der Waals surface area contributed by atoms with E-state index in [1.807, 2.05) is 0 Å². The molecule has 0 amide bonds. The van der Waals surface area contributed by atoms with Crippen LogP contribution < -0.4 is 10.5 Å². The van der Waals surface area contributed by atoms with E-state index in [4.69, 9.17) is 10.5 Å². The topological polar surface area (TPSA) is 82.3 Å². The van der Waals surface area contributed by atoms with Gasteiger partial charge in [0.1, 0.15) is 4.90 Å². The van der Waals surface area contributed by atoms with Crippen molar-refractivity contribution >= 4 is 15.7 Å². The second kappa shape index (κ2) is 3.83. The van der Waals surface area contributed by atoms with Crippen LogP contribution in [0.2, 0.25) is 0 Å². The molecule has 0 saturated carbocycles. The van der Waals surface area contributed by atoms with E-state index in [-0.39, 0.29) is 22.2 Å². The van der Waals surface area contributed by atoms with Gasteiger partial charge in [-0.15, -0.1) is 0 Å². The molecular weight excluding hydrogens is 204 g/mol. The summed E-state index contributed by atoms with van der Waals surface area (Å²) in [6, 6.07) is 1.38. The largest absolute Gasteiger partial charge is 0.492 e. The zero-order chi connectivity index (χ0) is 10.8. The predicted molar refractivity (Wildman–Crippen MR) is 52.9 cm³/mol. The average molecular weight is 216 g/mol. The number of nitrogens with zero attached hydrogens (tertiary/aromatic N) is 1. The van der Waals surface area contributed by atoms with Crippen LogP contribution in [-0.4, -0.2) is 26.3 Å². The minimum Gasteiger partial charge on any atom is -0.492 e. The van der Waals surface area contributed by atoms with Gasteiger partial charge in [-0.25, -0.2) is 13.4 Å². The molecular formula is C8H12N2O3S. The molecule has 5 nitrogen and oxygen atoms in total. The first-order valence-corrected chi connectivity index (χ1v) is 5.69. The highest BCUT2D eigenvalue weighted by atomic mass is 32.2. The number of rotatable bonds is 3. The molecule has 1 rings (SSSR count). The maximum atomic E-state index is 11.6. The van der Waals surface area contributed by atoms with Crippen molar-refractivity contribution in [3.63, 3.8) is 0 Å². The first-order valence-electron chi connectivity index (χ1n) is 4.04. The smallest absolute Gasteiger partial charge is 0.181 e. The van der Waals surface area contributed by atoms with Crippen LogP contribution in [0.5, 0.6) is 5.75 Å². The number of pyridine rings is 1. The Morgan fingerprint density at radius 1 is 1.57 bits per heavy atom. The third kappa shape index (κ3) is 1.79. The van der Waals surface area contributed by atoms with Gasteiger partial charge in [-0.3, -0.25) is 0 Å². The summed E-state index contributed by atoms with van der Waals surface area (Å²) in [5.41, 5.74) is 5.48. The van der Waals surface area contributed by atoms with Crippen molar-refractivity contribution in [1.29, 1.82) is 0 Å². The molecule has 0 unspecified atom stereocenters. The Balaban J connectivity index is 3.42. The number of sulfone groups is 1. The molecule has 0 aliphatic rings. The van der Waals surface area contributed by atoms with Gasteiger partial charge in [-0.1, -0.05) is 6.92 Å². The summed E-state index contributed by atoms with van der Waals surface area (Å²) >= 11 is 0. The second-order valence-electron chi connectivity index (χ2n) is 2.63. The van der Waals surface area contributed by atoms with E-state index in [0.717, 1.165) is 0 Å². The lowest BCUT2D eigenvalue weighted by molar-refractivity contribution is 0.403. The molecule has 0 fully saturated rings. The molecule has 0 saturated heterocycles. The molecule has 1 aromatic rings. The van der Waals surface area contributed by atoms with Crippen molar-refractivity contribution < 1.29 is 13.2 Å². The van der Waals surface area contributed by atoms with Crippen LogP contribution in [-0.2, 0) is 9.84 Å². The van der Waals surface area contributed by atoms with E-state index in [1.165, 1.54) is 19.4 Å². The summed E-state index contributed by atoms with van der Waals surface area (Å²) in [4.78, 5) is 3.84. The zero-order valence-corrected chi connectivity index (χ0v) is 8.84. The van der Waals surface area contributed by atoms with Crippen molar-refractivity contribution in [2.24, 2.45) is 0 Å². The van der Waals surface area contributed by atoms with Gasteiger partial charge in [0, 0.05) is 6.20 Å². The van der Waals surface area contributed by atoms with Gasteiger partial charge in [-0.05, 0) is 6.07 Å². The van der Waals surface area contributed by atoms with Crippen LogP contribution in [0.1, 0.15) is 6.92 Å². The van der Waals surface area contributed by atoms with E-state index in [0.29, 0.717) is 0 Å². The lowest BCUT2D eigenvalue weighted by Gasteiger charge is -2.08. The summed E-state index contributed by atoms with van der Waals surface area (Å²) in [7, 11) is -1.95. The Bertz CT molecular complexity index is 428. The first-order chi connectivity index (χ1) is 6.53. The number of hydrogen-bond acceptors (Lipinski definition) is 5. The van der Waals surface area contributed by atoms with Crippen LogP contribution in [0, 0.1) is 0 Å². The molecule has 78 valence electrons. The molecule has 2 N–H and O–H groups in total. The van der Waals surface area contributed by atoms with Gasteiger partial charge < -0.3 is 10.5 Å². The van der Waals surface area contributed by atoms with Crippen LogP contribution in [0.15, 0.2) is 17.2 Å². The molecule has 0 atom stereocenters. The molecule has 1 aromatic heterocycles. The SMILES string of the molecule is CCS(=O)(=O)c1ccnc(N)c1OC. The number of methoxy groups -OCH3 is 1. The van der Waals surface area contributed by atoms with E-state index >= 15 is 0 Å². The number of hydrogen-bond donors (Lipinski definition) is 1. The maximum absolute atomic E-state index is 11.6. The van der Waals surface area contributed by atoms with Crippen LogP contribution in [0.25, 0.3) is 0 Å². The Labute approximate surface area is 82.8 Å². The van der Waals surface area contributed by atoms with Crippen LogP contribution in [0.3, 0.4) is 0 Å². The highest BCUT2D eigenvalue weighted by Gasteiger charge is 2.19. The highest BCUT2D eigenvalue weighted by molar-refractivity contribution is 7.91. The lowest BCUT2D eigenvalue weighted by atomic mass is 10.4. The summed E-state index contributed by atoms with van der Waals surface area (Å²) in [5, 5.41) is 0. The van der Waals surface area contributed by atoms with Crippen molar-refractivity contribution in [3.8, 4) is 5.75 Å². The monoisotopic (exact) mass is 216 g/mol. The van der Waals surface area contributed by atoms with E-state index in [2.05, 4.69) is 4.98 Å². The quantitative estimate of drug-likeness (QED) is 0.794. The van der Waals surface area contributed by atoms with Gasteiger partial charge >= 0.3 is 0 Å². The van der Waals surface area contributed by atoms with Crippen LogP contribution >= 0.6 is 0 Å². The number of nitrogens with two attached hydrogens (primary N) is 1. The minimum atomic E-state index is -3.31. The molecule has 6 heteroatoms. The van der Waals surface area contributed by atoms with Gasteiger partial charge in [0.2, 0.25) is 0 Å². The molecule has 0 spiro atoms. The Kier molecular flexibility index (Phi) is 2.95. The summed E-state index contributed by atoms with van der Waals surface area (Å²) in [6.45, 7) is 1.56. The van der Waals surface area contributed by atoms with Crippen molar-refractivity contribution in [2.45, 2.75) is 11.8 Å². The fraction of sp³-hybridized carbons (Fsp3) is 0.375. The number of ether oxygens (including phenoxy) is 1. The highest BCUT2D eigenvalue weighted by Crippen LogP contribution is 2.28. The van der Waals surface area contributed by atoms with E-state index < -0.39 is 9.84 Å². The molecule has 1 heterocycles. The van der Waals surface area contributed by atoms with E-state index in [1.54, 1.807) is 6.92 Å². The molecule has 14 heavy (non-hydrogen) atoms. The predicted octanol–water partition coefficient (Wildman–Crippen LogP) is 0.466. The normalized spacial score (nSPS) is 11.3. The number of aromatic nitrogens is 1. The second-order valence-corrected chi connectivity index (χ2v) is 4.88. The molecule has 0 radical (unpaired) electrons. The van der Waals surface area contributed by atoms with Gasteiger partial charge in [0.25, 0.3) is 0 Å². The number of anilines is 1. The standard InChI is InChI=1S/C8H12N2O3S/c1-3-14(11,12)6-4-5-10-8(9)7(6)13-2/h4-5H,3H2,1-2H3,(H2,9,10).